The first-order valence-corrected chi connectivity index (χ1v) is 6.69. The third-order valence-corrected chi connectivity index (χ3v) is 3.64. The van der Waals surface area contributed by atoms with Gasteiger partial charge in [-0.15, -0.1) is 0 Å². The number of carbonyl (C=O) groups excluding carboxylic acids is 1. The monoisotopic (exact) mass is 341 g/mol. The van der Waals surface area contributed by atoms with E-state index in [0.717, 1.165) is 29.4 Å². The van der Waals surface area contributed by atoms with Crippen LogP contribution in [-0.4, -0.2) is 21.0 Å². The molecule has 3 rings (SSSR count). The van der Waals surface area contributed by atoms with E-state index in [0.29, 0.717) is 6.07 Å². The predicted octanol–water partition coefficient (Wildman–Crippen LogP) is 2.01. The Balaban J connectivity index is 1.93. The van der Waals surface area contributed by atoms with E-state index < -0.39 is 35.1 Å². The molecule has 0 aliphatic carbocycles. The molecular formula is C15H10F3NO5. The van der Waals surface area contributed by atoms with Gasteiger partial charge in [0.1, 0.15) is 12.0 Å². The van der Waals surface area contributed by atoms with Crippen molar-refractivity contribution in [3.8, 4) is 5.75 Å². The van der Waals surface area contributed by atoms with Gasteiger partial charge in [0.2, 0.25) is 5.43 Å². The standard InChI is InChI=1S/C15H10F3NO5/c16-15(17,18)7-1-2-9-10(3-7)14(23)19(13(9)22)5-8-4-11(20)12(21)6-24-8/h1-4,6,13,21-22H,5H2/t13-/m0/s1. The molecule has 0 fully saturated rings. The maximum absolute atomic E-state index is 12.7. The van der Waals surface area contributed by atoms with Gasteiger partial charge in [-0.2, -0.15) is 13.2 Å². The molecule has 9 heteroatoms. The number of hydrogen-bond donors (Lipinski definition) is 2. The largest absolute Gasteiger partial charge is 0.502 e. The molecule has 0 bridgehead atoms. The lowest BCUT2D eigenvalue weighted by Crippen LogP contribution is -2.27. The first-order chi connectivity index (χ1) is 11.2. The van der Waals surface area contributed by atoms with Crippen LogP contribution in [0.4, 0.5) is 13.2 Å². The fourth-order valence-corrected chi connectivity index (χ4v) is 2.43. The molecule has 1 aliphatic heterocycles. The highest BCUT2D eigenvalue weighted by Crippen LogP contribution is 2.37. The van der Waals surface area contributed by atoms with Gasteiger partial charge in [-0.05, 0) is 12.1 Å². The van der Waals surface area contributed by atoms with Gasteiger partial charge in [0.05, 0.1) is 12.1 Å². The van der Waals surface area contributed by atoms with Crippen molar-refractivity contribution in [1.82, 2.24) is 4.90 Å². The highest BCUT2D eigenvalue weighted by atomic mass is 19.4. The molecular weight excluding hydrogens is 331 g/mol. The van der Waals surface area contributed by atoms with Crippen molar-refractivity contribution in [3.63, 3.8) is 0 Å². The number of aliphatic hydroxyl groups is 1. The van der Waals surface area contributed by atoms with Crippen LogP contribution in [0.15, 0.2) is 39.7 Å². The second-order valence-corrected chi connectivity index (χ2v) is 5.20. The Bertz CT molecular complexity index is 874. The highest BCUT2D eigenvalue weighted by Gasteiger charge is 2.39. The number of hydrogen-bond acceptors (Lipinski definition) is 5. The van der Waals surface area contributed by atoms with Crippen LogP contribution < -0.4 is 5.43 Å². The summed E-state index contributed by atoms with van der Waals surface area (Å²) < 4.78 is 43.2. The minimum atomic E-state index is -4.61. The summed E-state index contributed by atoms with van der Waals surface area (Å²) in [6, 6.07) is 3.42. The predicted molar refractivity (Wildman–Crippen MR) is 72.9 cm³/mol. The maximum Gasteiger partial charge on any atom is 0.416 e. The second kappa shape index (κ2) is 5.38. The van der Waals surface area contributed by atoms with Gasteiger partial charge in [0.15, 0.2) is 12.0 Å². The molecule has 24 heavy (non-hydrogen) atoms. The van der Waals surface area contributed by atoms with Crippen molar-refractivity contribution in [1.29, 1.82) is 0 Å². The third-order valence-electron chi connectivity index (χ3n) is 3.64. The molecule has 0 saturated carbocycles. The van der Waals surface area contributed by atoms with E-state index in [2.05, 4.69) is 0 Å². The summed E-state index contributed by atoms with van der Waals surface area (Å²) in [6.45, 7) is -0.342. The molecule has 1 amide bonds. The molecule has 1 aromatic heterocycles. The zero-order valence-corrected chi connectivity index (χ0v) is 11.9. The maximum atomic E-state index is 12.7. The average molecular weight is 341 g/mol. The first-order valence-electron chi connectivity index (χ1n) is 6.69. The molecule has 0 radical (unpaired) electrons. The Morgan fingerprint density at radius 2 is 1.92 bits per heavy atom. The fraction of sp³-hybridized carbons (Fsp3) is 0.200. The summed E-state index contributed by atoms with van der Waals surface area (Å²) >= 11 is 0. The zero-order chi connectivity index (χ0) is 17.6. The van der Waals surface area contributed by atoms with Crippen LogP contribution >= 0.6 is 0 Å². The van der Waals surface area contributed by atoms with E-state index in [9.17, 15) is 27.9 Å². The van der Waals surface area contributed by atoms with Crippen LogP contribution in [0.5, 0.6) is 5.75 Å². The average Bonchev–Trinajstić information content (AvgIpc) is 2.75. The van der Waals surface area contributed by atoms with Crippen LogP contribution in [-0.2, 0) is 12.7 Å². The van der Waals surface area contributed by atoms with E-state index in [1.54, 1.807) is 0 Å². The number of fused-ring (bicyclic) bond motifs is 1. The summed E-state index contributed by atoms with van der Waals surface area (Å²) in [5.74, 6) is -1.47. The molecule has 1 aliphatic rings. The minimum absolute atomic E-state index is 0.0333. The lowest BCUT2D eigenvalue weighted by Gasteiger charge is -2.19. The molecule has 2 aromatic rings. The molecule has 2 N–H and O–H groups in total. The molecule has 6 nitrogen and oxygen atoms in total. The Morgan fingerprint density at radius 1 is 1.21 bits per heavy atom. The highest BCUT2D eigenvalue weighted by molar-refractivity contribution is 5.99. The Morgan fingerprint density at radius 3 is 2.54 bits per heavy atom. The van der Waals surface area contributed by atoms with Gasteiger partial charge in [-0.3, -0.25) is 9.59 Å². The van der Waals surface area contributed by atoms with Gasteiger partial charge < -0.3 is 19.5 Å². The molecule has 126 valence electrons. The smallest absolute Gasteiger partial charge is 0.416 e. The summed E-state index contributed by atoms with van der Waals surface area (Å²) in [5.41, 5.74) is -1.97. The summed E-state index contributed by atoms with van der Waals surface area (Å²) in [5, 5.41) is 19.3. The van der Waals surface area contributed by atoms with Gasteiger partial charge in [0.25, 0.3) is 5.91 Å². The number of aliphatic hydroxyl groups excluding tert-OH is 1. The minimum Gasteiger partial charge on any atom is -0.502 e. The number of rotatable bonds is 2. The molecule has 2 heterocycles. The molecule has 0 spiro atoms. The van der Waals surface area contributed by atoms with Gasteiger partial charge in [0, 0.05) is 17.2 Å². The van der Waals surface area contributed by atoms with Crippen LogP contribution in [0.2, 0.25) is 0 Å². The van der Waals surface area contributed by atoms with E-state index in [-0.39, 0.29) is 23.4 Å². The first kappa shape index (κ1) is 16.1. The molecule has 0 saturated heterocycles. The fourth-order valence-electron chi connectivity index (χ4n) is 2.43. The van der Waals surface area contributed by atoms with Gasteiger partial charge in [-0.25, -0.2) is 0 Å². The normalized spacial score (nSPS) is 17.2. The van der Waals surface area contributed by atoms with Crippen LogP contribution in [0.3, 0.4) is 0 Å². The number of amides is 1. The zero-order valence-electron chi connectivity index (χ0n) is 11.9. The molecule has 1 aromatic carbocycles. The lowest BCUT2D eigenvalue weighted by atomic mass is 10.1. The van der Waals surface area contributed by atoms with Gasteiger partial charge in [-0.1, -0.05) is 6.07 Å². The number of benzene rings is 1. The number of nitrogens with zero attached hydrogens (tertiary/aromatic N) is 1. The van der Waals surface area contributed by atoms with Crippen molar-refractivity contribution in [2.24, 2.45) is 0 Å². The number of carbonyl (C=O) groups is 1. The van der Waals surface area contributed by atoms with E-state index in [4.69, 9.17) is 9.52 Å². The van der Waals surface area contributed by atoms with Crippen molar-refractivity contribution < 1.29 is 32.6 Å². The van der Waals surface area contributed by atoms with Crippen molar-refractivity contribution in [2.45, 2.75) is 18.9 Å². The van der Waals surface area contributed by atoms with Crippen molar-refractivity contribution in [2.75, 3.05) is 0 Å². The van der Waals surface area contributed by atoms with Gasteiger partial charge >= 0.3 is 6.18 Å². The lowest BCUT2D eigenvalue weighted by molar-refractivity contribution is -0.137. The Labute approximate surface area is 132 Å². The van der Waals surface area contributed by atoms with Crippen LogP contribution in [0.1, 0.15) is 33.5 Å². The number of alkyl halides is 3. The molecule has 0 unspecified atom stereocenters. The summed E-state index contributed by atoms with van der Waals surface area (Å²) in [4.78, 5) is 24.5. The topological polar surface area (TPSA) is 91.0 Å². The Kier molecular flexibility index (Phi) is 3.60. The van der Waals surface area contributed by atoms with E-state index in [1.165, 1.54) is 0 Å². The van der Waals surface area contributed by atoms with E-state index in [1.807, 2.05) is 0 Å². The number of aromatic hydroxyl groups is 1. The molecule has 1 atom stereocenters. The SMILES string of the molecule is O=C1c2cc(C(F)(F)F)ccc2[C@H](O)N1Cc1cc(=O)c(O)co1. The van der Waals surface area contributed by atoms with Crippen molar-refractivity contribution in [3.05, 3.63) is 63.2 Å². The van der Waals surface area contributed by atoms with E-state index >= 15 is 0 Å². The number of halogens is 3. The van der Waals surface area contributed by atoms with Crippen LogP contribution in [0.25, 0.3) is 0 Å². The van der Waals surface area contributed by atoms with Crippen LogP contribution in [0, 0.1) is 0 Å². The quantitative estimate of drug-likeness (QED) is 0.872. The second-order valence-electron chi connectivity index (χ2n) is 5.20. The third kappa shape index (κ3) is 2.62. The summed E-state index contributed by atoms with van der Waals surface area (Å²) in [6.07, 6.45) is -5.30. The van der Waals surface area contributed by atoms with Crippen molar-refractivity contribution >= 4 is 5.91 Å². The Hall–Kier alpha value is -2.81. The summed E-state index contributed by atoms with van der Waals surface area (Å²) in [7, 11) is 0.